The van der Waals surface area contributed by atoms with E-state index in [1.54, 1.807) is 24.3 Å². The third-order valence-electron chi connectivity index (χ3n) is 4.75. The van der Waals surface area contributed by atoms with Crippen molar-refractivity contribution in [2.24, 2.45) is 0 Å². The quantitative estimate of drug-likeness (QED) is 0.581. The Morgan fingerprint density at radius 3 is 2.29 bits per heavy atom. The molecule has 0 aliphatic heterocycles. The summed E-state index contributed by atoms with van der Waals surface area (Å²) in [6, 6.07) is 8.50. The smallest absolute Gasteiger partial charge is 0.322 e. The zero-order chi connectivity index (χ0) is 21.1. The van der Waals surface area contributed by atoms with Gasteiger partial charge in [0.1, 0.15) is 6.04 Å². The first-order chi connectivity index (χ1) is 13.1. The summed E-state index contributed by atoms with van der Waals surface area (Å²) in [4.78, 5) is 24.1. The molecule has 0 saturated carbocycles. The molecule has 0 aliphatic rings. The van der Waals surface area contributed by atoms with Gasteiger partial charge in [-0.25, -0.2) is 8.42 Å². The number of nitrogens with one attached hydrogen (secondary N) is 1. The van der Waals surface area contributed by atoms with Gasteiger partial charge in [0.15, 0.2) is 0 Å². The number of rotatable bonds is 9. The fraction of sp³-hybridized carbons (Fsp3) is 0.368. The lowest BCUT2D eigenvalue weighted by atomic mass is 10.1. The number of carbonyl (C=O) groups is 2. The number of aliphatic carboxylic acids is 2. The van der Waals surface area contributed by atoms with E-state index in [2.05, 4.69) is 18.7 Å². The Balaban J connectivity index is 2.55. The van der Waals surface area contributed by atoms with E-state index in [0.29, 0.717) is 10.8 Å². The number of carboxylic acid groups (broad SMARTS) is 2. The van der Waals surface area contributed by atoms with E-state index in [1.807, 2.05) is 17.8 Å². The molecule has 152 valence electrons. The van der Waals surface area contributed by atoms with Gasteiger partial charge in [-0.05, 0) is 25.5 Å². The standard InChI is InChI=1S/C19H24N2O6S/c1-4-12(2)21(3)16-9-5-8-14-13(16)7-6-10-17(14)28(26,27)20-15(19(24)25)11-18(22)23/h5-10,12,15,20H,4,11H2,1-3H3,(H,22,23)(H,24,25). The second-order valence-corrected chi connectivity index (χ2v) is 8.29. The Labute approximate surface area is 163 Å². The van der Waals surface area contributed by atoms with Crippen LogP contribution < -0.4 is 9.62 Å². The molecule has 3 N–H and O–H groups in total. The van der Waals surface area contributed by atoms with Crippen LogP contribution in [0, 0.1) is 0 Å². The number of fused-ring (bicyclic) bond motifs is 1. The average Bonchev–Trinajstić information content (AvgIpc) is 2.64. The van der Waals surface area contributed by atoms with Crippen molar-refractivity contribution < 1.29 is 28.2 Å². The maximum atomic E-state index is 12.8. The van der Waals surface area contributed by atoms with Crippen molar-refractivity contribution in [1.29, 1.82) is 0 Å². The van der Waals surface area contributed by atoms with Gasteiger partial charge in [0.25, 0.3) is 0 Å². The van der Waals surface area contributed by atoms with Crippen LogP contribution in [0.15, 0.2) is 41.3 Å². The van der Waals surface area contributed by atoms with Gasteiger partial charge in [0.2, 0.25) is 10.0 Å². The van der Waals surface area contributed by atoms with E-state index < -0.39 is 34.4 Å². The third kappa shape index (κ3) is 4.60. The van der Waals surface area contributed by atoms with Crippen LogP contribution >= 0.6 is 0 Å². The molecule has 2 rings (SSSR count). The van der Waals surface area contributed by atoms with Gasteiger partial charge in [-0.1, -0.05) is 31.2 Å². The average molecular weight is 408 g/mol. The fourth-order valence-corrected chi connectivity index (χ4v) is 4.33. The predicted molar refractivity (Wildman–Crippen MR) is 106 cm³/mol. The number of sulfonamides is 1. The summed E-state index contributed by atoms with van der Waals surface area (Å²) < 4.78 is 27.7. The second-order valence-electron chi connectivity index (χ2n) is 6.61. The lowest BCUT2D eigenvalue weighted by Gasteiger charge is -2.27. The van der Waals surface area contributed by atoms with Crippen LogP contribution in [0.1, 0.15) is 26.7 Å². The second kappa shape index (κ2) is 8.57. The number of nitrogens with zero attached hydrogens (tertiary/aromatic N) is 1. The highest BCUT2D eigenvalue weighted by molar-refractivity contribution is 7.89. The molecule has 2 atom stereocenters. The lowest BCUT2D eigenvalue weighted by molar-refractivity contribution is -0.145. The summed E-state index contributed by atoms with van der Waals surface area (Å²) >= 11 is 0. The van der Waals surface area contributed by atoms with Crippen LogP contribution in [-0.4, -0.2) is 49.7 Å². The van der Waals surface area contributed by atoms with Crippen molar-refractivity contribution in [1.82, 2.24) is 4.72 Å². The van der Waals surface area contributed by atoms with Crippen LogP contribution in [0.5, 0.6) is 0 Å². The molecular formula is C19H24N2O6S. The van der Waals surface area contributed by atoms with Crippen LogP contribution in [-0.2, 0) is 19.6 Å². The normalized spacial score (nSPS) is 13.8. The summed E-state index contributed by atoms with van der Waals surface area (Å²) in [7, 11) is -2.33. The SMILES string of the molecule is CCC(C)N(C)c1cccc2c(S(=O)(=O)NC(CC(=O)O)C(=O)O)cccc12. The number of hydrogen-bond donors (Lipinski definition) is 3. The molecule has 0 aliphatic carbocycles. The highest BCUT2D eigenvalue weighted by Crippen LogP contribution is 2.31. The largest absolute Gasteiger partial charge is 0.481 e. The first-order valence-corrected chi connectivity index (χ1v) is 10.3. The number of anilines is 1. The van der Waals surface area contributed by atoms with Gasteiger partial charge >= 0.3 is 11.9 Å². The third-order valence-corrected chi connectivity index (χ3v) is 6.28. The lowest BCUT2D eigenvalue weighted by Crippen LogP contribution is -2.42. The van der Waals surface area contributed by atoms with E-state index >= 15 is 0 Å². The van der Waals surface area contributed by atoms with E-state index in [0.717, 1.165) is 12.1 Å². The van der Waals surface area contributed by atoms with E-state index in [4.69, 9.17) is 10.2 Å². The van der Waals surface area contributed by atoms with Crippen molar-refractivity contribution in [2.75, 3.05) is 11.9 Å². The van der Waals surface area contributed by atoms with E-state index in [1.165, 1.54) is 6.07 Å². The van der Waals surface area contributed by atoms with Gasteiger partial charge < -0.3 is 15.1 Å². The van der Waals surface area contributed by atoms with Crippen molar-refractivity contribution in [3.63, 3.8) is 0 Å². The molecule has 9 heteroatoms. The highest BCUT2D eigenvalue weighted by atomic mass is 32.2. The van der Waals surface area contributed by atoms with Crippen molar-refractivity contribution >= 4 is 38.4 Å². The minimum Gasteiger partial charge on any atom is -0.481 e. The van der Waals surface area contributed by atoms with E-state index in [-0.39, 0.29) is 10.9 Å². The Morgan fingerprint density at radius 2 is 1.71 bits per heavy atom. The molecule has 28 heavy (non-hydrogen) atoms. The monoisotopic (exact) mass is 408 g/mol. The molecule has 0 aromatic heterocycles. The molecule has 2 aromatic rings. The Bertz CT molecular complexity index is 989. The van der Waals surface area contributed by atoms with Crippen molar-refractivity contribution in [2.45, 2.75) is 43.7 Å². The van der Waals surface area contributed by atoms with Crippen molar-refractivity contribution in [3.05, 3.63) is 36.4 Å². The molecular weight excluding hydrogens is 384 g/mol. The number of carboxylic acids is 2. The van der Waals surface area contributed by atoms with Gasteiger partial charge in [-0.2, -0.15) is 4.72 Å². The predicted octanol–water partition coefficient (Wildman–Crippen LogP) is 2.28. The van der Waals surface area contributed by atoms with Gasteiger partial charge in [0.05, 0.1) is 11.3 Å². The van der Waals surface area contributed by atoms with Gasteiger partial charge in [-0.3, -0.25) is 9.59 Å². The highest BCUT2D eigenvalue weighted by Gasteiger charge is 2.29. The molecule has 0 radical (unpaired) electrons. The maximum Gasteiger partial charge on any atom is 0.322 e. The Hall–Kier alpha value is -2.65. The molecule has 0 saturated heterocycles. The van der Waals surface area contributed by atoms with E-state index in [9.17, 15) is 18.0 Å². The first-order valence-electron chi connectivity index (χ1n) is 8.80. The van der Waals surface area contributed by atoms with Crippen LogP contribution in [0.25, 0.3) is 10.8 Å². The molecule has 8 nitrogen and oxygen atoms in total. The Morgan fingerprint density at radius 1 is 1.11 bits per heavy atom. The van der Waals surface area contributed by atoms with Crippen LogP contribution in [0.2, 0.25) is 0 Å². The minimum absolute atomic E-state index is 0.0963. The summed E-state index contributed by atoms with van der Waals surface area (Å²) in [6.07, 6.45) is 0.0449. The zero-order valence-corrected chi connectivity index (χ0v) is 16.7. The molecule has 2 unspecified atom stereocenters. The summed E-state index contributed by atoms with van der Waals surface area (Å²) in [5, 5.41) is 19.1. The maximum absolute atomic E-state index is 12.8. The van der Waals surface area contributed by atoms with Crippen molar-refractivity contribution in [3.8, 4) is 0 Å². The molecule has 0 bridgehead atoms. The number of hydrogen-bond acceptors (Lipinski definition) is 5. The molecule has 0 heterocycles. The fourth-order valence-electron chi connectivity index (χ4n) is 2.92. The van der Waals surface area contributed by atoms with Crippen LogP contribution in [0.3, 0.4) is 0 Å². The molecule has 2 aromatic carbocycles. The molecule has 0 fully saturated rings. The summed E-state index contributed by atoms with van der Waals surface area (Å²) in [5.41, 5.74) is 0.851. The summed E-state index contributed by atoms with van der Waals surface area (Å²) in [5.74, 6) is -2.96. The topological polar surface area (TPSA) is 124 Å². The molecule has 0 spiro atoms. The first kappa shape index (κ1) is 21.6. The van der Waals surface area contributed by atoms with Crippen LogP contribution in [0.4, 0.5) is 5.69 Å². The minimum atomic E-state index is -4.26. The Kier molecular flexibility index (Phi) is 6.63. The van der Waals surface area contributed by atoms with Gasteiger partial charge in [-0.15, -0.1) is 0 Å². The summed E-state index contributed by atoms with van der Waals surface area (Å²) in [6.45, 7) is 4.12. The zero-order valence-electron chi connectivity index (χ0n) is 15.9. The number of benzene rings is 2. The molecule has 0 amide bonds. The van der Waals surface area contributed by atoms with Gasteiger partial charge in [0, 0.05) is 29.5 Å².